The Morgan fingerprint density at radius 2 is 1.21 bits per heavy atom. The highest BCUT2D eigenvalue weighted by Crippen LogP contribution is 2.37. The lowest BCUT2D eigenvalue weighted by atomic mass is 9.90. The minimum atomic E-state index is 0.155. The fraction of sp³-hybridized carbons (Fsp3) is 0.103. The van der Waals surface area contributed by atoms with Crippen LogP contribution in [0.2, 0.25) is 0 Å². The summed E-state index contributed by atoms with van der Waals surface area (Å²) in [6, 6.07) is 25.7. The molecule has 0 bridgehead atoms. The van der Waals surface area contributed by atoms with E-state index in [-0.39, 0.29) is 17.2 Å². The van der Waals surface area contributed by atoms with Gasteiger partial charge in [-0.1, -0.05) is 66.7 Å². The van der Waals surface area contributed by atoms with Crippen LogP contribution in [-0.2, 0) is 12.8 Å². The summed E-state index contributed by atoms with van der Waals surface area (Å²) in [5.41, 5.74) is 5.65. The summed E-state index contributed by atoms with van der Waals surface area (Å²) in [7, 11) is 1.60. The maximum Gasteiger partial charge on any atom is 0.126 e. The van der Waals surface area contributed by atoms with Gasteiger partial charge in [0.25, 0.3) is 0 Å². The number of ether oxygens (including phenoxy) is 1. The van der Waals surface area contributed by atoms with Crippen LogP contribution < -0.4 is 4.74 Å². The van der Waals surface area contributed by atoms with Crippen molar-refractivity contribution in [3.63, 3.8) is 0 Å². The van der Waals surface area contributed by atoms with Crippen molar-refractivity contribution in [3.8, 4) is 23.0 Å². The van der Waals surface area contributed by atoms with E-state index in [2.05, 4.69) is 0 Å². The standard InChI is InChI=1S/C29H26O4/c1-33-29-19-28(32)26(17-21-7-12-23(30)13-8-21)25(16-11-20-5-3-2-4-6-20)27(29)18-22-9-14-24(31)15-10-22/h2-16,19,30-32H,17-18H2,1H3/b16-11+. The molecule has 0 aliphatic carbocycles. The zero-order chi connectivity index (χ0) is 23.2. The third-order valence-corrected chi connectivity index (χ3v) is 5.62. The van der Waals surface area contributed by atoms with E-state index in [1.165, 1.54) is 0 Å². The Labute approximate surface area is 193 Å². The van der Waals surface area contributed by atoms with E-state index in [1.54, 1.807) is 37.4 Å². The highest BCUT2D eigenvalue weighted by atomic mass is 16.5. The van der Waals surface area contributed by atoms with E-state index in [4.69, 9.17) is 4.74 Å². The maximum atomic E-state index is 10.9. The van der Waals surface area contributed by atoms with Crippen LogP contribution in [0.15, 0.2) is 84.9 Å². The topological polar surface area (TPSA) is 69.9 Å². The molecule has 0 fully saturated rings. The van der Waals surface area contributed by atoms with E-state index in [0.717, 1.165) is 33.4 Å². The monoisotopic (exact) mass is 438 g/mol. The number of aromatic hydroxyl groups is 3. The number of phenols is 3. The van der Waals surface area contributed by atoms with Gasteiger partial charge in [-0.15, -0.1) is 0 Å². The molecule has 166 valence electrons. The van der Waals surface area contributed by atoms with Crippen LogP contribution in [-0.4, -0.2) is 22.4 Å². The van der Waals surface area contributed by atoms with Gasteiger partial charge in [0, 0.05) is 30.0 Å². The first-order chi connectivity index (χ1) is 16.0. The van der Waals surface area contributed by atoms with Crippen LogP contribution in [0.1, 0.15) is 33.4 Å². The van der Waals surface area contributed by atoms with Crippen molar-refractivity contribution >= 4 is 12.2 Å². The third kappa shape index (κ3) is 5.36. The molecule has 0 heterocycles. The molecule has 0 saturated heterocycles. The molecule has 0 aliphatic heterocycles. The molecule has 4 rings (SSSR count). The second-order valence-electron chi connectivity index (χ2n) is 7.90. The highest BCUT2D eigenvalue weighted by molar-refractivity contribution is 5.76. The predicted molar refractivity (Wildman–Crippen MR) is 132 cm³/mol. The van der Waals surface area contributed by atoms with E-state index < -0.39 is 0 Å². The molecule has 0 radical (unpaired) electrons. The molecule has 3 N–H and O–H groups in total. The number of benzene rings is 4. The Bertz CT molecular complexity index is 1240. The molecule has 4 aromatic carbocycles. The molecule has 0 aromatic heterocycles. The molecular formula is C29H26O4. The van der Waals surface area contributed by atoms with Crippen LogP contribution in [0.5, 0.6) is 23.0 Å². The minimum absolute atomic E-state index is 0.155. The summed E-state index contributed by atoms with van der Waals surface area (Å²) in [5.74, 6) is 1.17. The molecule has 0 atom stereocenters. The van der Waals surface area contributed by atoms with Crippen LogP contribution in [0.4, 0.5) is 0 Å². The zero-order valence-corrected chi connectivity index (χ0v) is 18.4. The SMILES string of the molecule is COc1cc(O)c(Cc2ccc(O)cc2)c(/C=C/c2ccccc2)c1Cc1ccc(O)cc1. The van der Waals surface area contributed by atoms with Gasteiger partial charge in [0.2, 0.25) is 0 Å². The average Bonchev–Trinajstić information content (AvgIpc) is 2.83. The van der Waals surface area contributed by atoms with Crippen molar-refractivity contribution in [1.29, 1.82) is 0 Å². The van der Waals surface area contributed by atoms with Crippen LogP contribution in [0.3, 0.4) is 0 Å². The maximum absolute atomic E-state index is 10.9. The van der Waals surface area contributed by atoms with Crippen LogP contribution >= 0.6 is 0 Å². The lowest BCUT2D eigenvalue weighted by molar-refractivity contribution is 0.402. The summed E-state index contributed by atoms with van der Waals surface area (Å²) in [6.07, 6.45) is 5.10. The molecule has 0 saturated carbocycles. The normalized spacial score (nSPS) is 11.1. The van der Waals surface area contributed by atoms with Crippen molar-refractivity contribution in [1.82, 2.24) is 0 Å². The first-order valence-electron chi connectivity index (χ1n) is 10.7. The van der Waals surface area contributed by atoms with Crippen molar-refractivity contribution in [2.45, 2.75) is 12.8 Å². The molecule has 33 heavy (non-hydrogen) atoms. The largest absolute Gasteiger partial charge is 0.508 e. The van der Waals surface area contributed by atoms with E-state index in [1.807, 2.05) is 66.7 Å². The van der Waals surface area contributed by atoms with Gasteiger partial charge < -0.3 is 20.1 Å². The Balaban J connectivity index is 1.85. The first-order valence-corrected chi connectivity index (χ1v) is 10.7. The number of rotatable bonds is 7. The number of hydrogen-bond donors (Lipinski definition) is 3. The molecule has 0 unspecified atom stereocenters. The third-order valence-electron chi connectivity index (χ3n) is 5.62. The van der Waals surface area contributed by atoms with Gasteiger partial charge in [0.15, 0.2) is 0 Å². The lowest BCUT2D eigenvalue weighted by Gasteiger charge is -2.18. The van der Waals surface area contributed by atoms with Gasteiger partial charge in [0.1, 0.15) is 23.0 Å². The summed E-state index contributed by atoms with van der Waals surface area (Å²) < 4.78 is 5.66. The average molecular weight is 439 g/mol. The van der Waals surface area contributed by atoms with E-state index >= 15 is 0 Å². The summed E-state index contributed by atoms with van der Waals surface area (Å²) >= 11 is 0. The number of methoxy groups -OCH3 is 1. The first kappa shape index (κ1) is 22.0. The second-order valence-corrected chi connectivity index (χ2v) is 7.90. The van der Waals surface area contributed by atoms with Gasteiger partial charge in [0.05, 0.1) is 7.11 Å². The van der Waals surface area contributed by atoms with Gasteiger partial charge in [-0.2, -0.15) is 0 Å². The van der Waals surface area contributed by atoms with Crippen molar-refractivity contribution in [3.05, 3.63) is 118 Å². The molecule has 4 heteroatoms. The molecular weight excluding hydrogens is 412 g/mol. The van der Waals surface area contributed by atoms with Crippen molar-refractivity contribution < 1.29 is 20.1 Å². The molecule has 0 amide bonds. The Hall–Kier alpha value is -4.18. The van der Waals surface area contributed by atoms with E-state index in [9.17, 15) is 15.3 Å². The number of hydrogen-bond acceptors (Lipinski definition) is 4. The van der Waals surface area contributed by atoms with Crippen LogP contribution in [0, 0.1) is 0 Å². The molecule has 4 nitrogen and oxygen atoms in total. The van der Waals surface area contributed by atoms with E-state index in [0.29, 0.717) is 18.6 Å². The van der Waals surface area contributed by atoms with Crippen molar-refractivity contribution in [2.24, 2.45) is 0 Å². The molecule has 0 spiro atoms. The number of phenolic OH excluding ortho intramolecular Hbond substituents is 3. The zero-order valence-electron chi connectivity index (χ0n) is 18.4. The smallest absolute Gasteiger partial charge is 0.126 e. The highest BCUT2D eigenvalue weighted by Gasteiger charge is 2.18. The minimum Gasteiger partial charge on any atom is -0.508 e. The fourth-order valence-electron chi connectivity index (χ4n) is 3.88. The van der Waals surface area contributed by atoms with Crippen molar-refractivity contribution in [2.75, 3.05) is 7.11 Å². The fourth-order valence-corrected chi connectivity index (χ4v) is 3.88. The summed E-state index contributed by atoms with van der Waals surface area (Å²) in [5, 5.41) is 30.3. The quantitative estimate of drug-likeness (QED) is 0.302. The van der Waals surface area contributed by atoms with Gasteiger partial charge >= 0.3 is 0 Å². The summed E-state index contributed by atoms with van der Waals surface area (Å²) in [4.78, 5) is 0. The van der Waals surface area contributed by atoms with Gasteiger partial charge in [-0.25, -0.2) is 0 Å². The van der Waals surface area contributed by atoms with Crippen LogP contribution in [0.25, 0.3) is 12.2 Å². The second kappa shape index (κ2) is 9.96. The Morgan fingerprint density at radius 1 is 0.667 bits per heavy atom. The summed E-state index contributed by atoms with van der Waals surface area (Å²) in [6.45, 7) is 0. The predicted octanol–water partition coefficient (Wildman–Crippen LogP) is 6.16. The van der Waals surface area contributed by atoms with Gasteiger partial charge in [-0.05, 0) is 46.5 Å². The Kier molecular flexibility index (Phi) is 6.65. The molecule has 0 aliphatic rings. The molecule has 4 aromatic rings. The Morgan fingerprint density at radius 3 is 1.76 bits per heavy atom. The van der Waals surface area contributed by atoms with Gasteiger partial charge in [-0.3, -0.25) is 0 Å². The lowest BCUT2D eigenvalue weighted by Crippen LogP contribution is -2.03.